The van der Waals surface area contributed by atoms with Gasteiger partial charge >= 0.3 is 11.9 Å². The van der Waals surface area contributed by atoms with Crippen LogP contribution in [0.15, 0.2) is 21.2 Å². The number of esters is 2. The van der Waals surface area contributed by atoms with Crippen LogP contribution in [-0.4, -0.2) is 30.6 Å². The molecular formula is C19H20BrNO6S. The van der Waals surface area contributed by atoms with Gasteiger partial charge in [-0.2, -0.15) is 0 Å². The zero-order chi connectivity index (χ0) is 20.3. The first-order chi connectivity index (χ1) is 13.4. The molecule has 0 aliphatic heterocycles. The summed E-state index contributed by atoms with van der Waals surface area (Å²) in [5.74, 6) is -1.72. The third kappa shape index (κ3) is 4.47. The fourth-order valence-electron chi connectivity index (χ4n) is 2.98. The maximum atomic E-state index is 12.6. The molecule has 2 heterocycles. The van der Waals surface area contributed by atoms with Crippen molar-refractivity contribution in [3.8, 4) is 0 Å². The van der Waals surface area contributed by atoms with Crippen LogP contribution in [0.1, 0.15) is 58.0 Å². The third-order valence-corrected chi connectivity index (χ3v) is 5.95. The lowest BCUT2D eigenvalue weighted by molar-refractivity contribution is -0.123. The fraction of sp³-hybridized carbons (Fsp3) is 0.421. The van der Waals surface area contributed by atoms with Crippen molar-refractivity contribution in [1.82, 2.24) is 0 Å². The van der Waals surface area contributed by atoms with Crippen LogP contribution in [0, 0.1) is 0 Å². The molecule has 2 aromatic rings. The predicted octanol–water partition coefficient (Wildman–Crippen LogP) is 4.34. The Hall–Kier alpha value is -2.13. The number of carbonyl (C=O) groups is 3. The van der Waals surface area contributed by atoms with E-state index in [1.807, 2.05) is 0 Å². The number of rotatable bonds is 6. The van der Waals surface area contributed by atoms with Crippen molar-refractivity contribution in [2.45, 2.75) is 45.6 Å². The first-order valence-electron chi connectivity index (χ1n) is 8.99. The molecule has 9 heteroatoms. The van der Waals surface area contributed by atoms with Gasteiger partial charge in [-0.05, 0) is 73.2 Å². The Kier molecular flexibility index (Phi) is 6.56. The van der Waals surface area contributed by atoms with Gasteiger partial charge in [-0.1, -0.05) is 0 Å². The fourth-order valence-corrected chi connectivity index (χ4v) is 4.57. The van der Waals surface area contributed by atoms with Crippen molar-refractivity contribution in [3.05, 3.63) is 38.6 Å². The monoisotopic (exact) mass is 469 g/mol. The first kappa shape index (κ1) is 20.6. The van der Waals surface area contributed by atoms with Crippen molar-refractivity contribution in [2.24, 2.45) is 0 Å². The summed E-state index contributed by atoms with van der Waals surface area (Å²) in [5, 5.41) is 3.17. The highest BCUT2D eigenvalue weighted by atomic mass is 79.9. The van der Waals surface area contributed by atoms with Crippen molar-refractivity contribution >= 4 is 50.1 Å². The number of carbonyl (C=O) groups excluding carboxylic acids is 3. The van der Waals surface area contributed by atoms with Gasteiger partial charge in [0.05, 0.1) is 12.2 Å². The van der Waals surface area contributed by atoms with E-state index >= 15 is 0 Å². The highest BCUT2D eigenvalue weighted by Crippen LogP contribution is 2.38. The van der Waals surface area contributed by atoms with E-state index in [9.17, 15) is 14.4 Å². The van der Waals surface area contributed by atoms with E-state index < -0.39 is 23.9 Å². The molecule has 150 valence electrons. The minimum absolute atomic E-state index is 0.00896. The zero-order valence-corrected chi connectivity index (χ0v) is 17.9. The van der Waals surface area contributed by atoms with E-state index in [2.05, 4.69) is 21.2 Å². The Labute approximate surface area is 174 Å². The summed E-state index contributed by atoms with van der Waals surface area (Å²) in [6.45, 7) is 3.45. The highest BCUT2D eigenvalue weighted by molar-refractivity contribution is 9.10. The molecule has 1 aliphatic carbocycles. The molecule has 2 aromatic heterocycles. The number of hydrogen-bond donors (Lipinski definition) is 1. The second-order valence-corrected chi connectivity index (χ2v) is 8.16. The van der Waals surface area contributed by atoms with E-state index in [1.54, 1.807) is 13.0 Å². The molecule has 1 amide bonds. The molecule has 0 radical (unpaired) electrons. The van der Waals surface area contributed by atoms with Crippen molar-refractivity contribution in [2.75, 3.05) is 11.9 Å². The molecule has 1 N–H and O–H groups in total. The Bertz CT molecular complexity index is 902. The van der Waals surface area contributed by atoms with Gasteiger partial charge in [0, 0.05) is 4.88 Å². The van der Waals surface area contributed by atoms with Gasteiger partial charge in [0.15, 0.2) is 10.8 Å². The summed E-state index contributed by atoms with van der Waals surface area (Å²) < 4.78 is 15.8. The molecule has 0 spiro atoms. The summed E-state index contributed by atoms with van der Waals surface area (Å²) in [5.41, 5.74) is 1.37. The number of hydrogen-bond acceptors (Lipinski definition) is 7. The van der Waals surface area contributed by atoms with Crippen LogP contribution in [0.25, 0.3) is 0 Å². The molecule has 0 saturated heterocycles. The van der Waals surface area contributed by atoms with E-state index in [-0.39, 0.29) is 12.4 Å². The lowest BCUT2D eigenvalue weighted by Gasteiger charge is -2.14. The molecule has 3 rings (SSSR count). The number of nitrogens with one attached hydrogen (secondary N) is 1. The van der Waals surface area contributed by atoms with Gasteiger partial charge in [0.25, 0.3) is 5.91 Å². The van der Waals surface area contributed by atoms with Crippen molar-refractivity contribution < 1.29 is 28.3 Å². The SMILES string of the molecule is CCOC(=O)c1c(NC(=O)C(C)OC(=O)c2ccc(Br)o2)sc2c1CCCC2. The molecule has 28 heavy (non-hydrogen) atoms. The minimum atomic E-state index is -1.06. The van der Waals surface area contributed by atoms with Crippen LogP contribution in [0.4, 0.5) is 5.00 Å². The topological polar surface area (TPSA) is 94.8 Å². The largest absolute Gasteiger partial charge is 0.462 e. The predicted molar refractivity (Wildman–Crippen MR) is 107 cm³/mol. The lowest BCUT2D eigenvalue weighted by atomic mass is 9.95. The average molecular weight is 470 g/mol. The Balaban J connectivity index is 1.74. The summed E-state index contributed by atoms with van der Waals surface area (Å²) >= 11 is 4.49. The first-order valence-corrected chi connectivity index (χ1v) is 10.6. The number of anilines is 1. The zero-order valence-electron chi connectivity index (χ0n) is 15.5. The highest BCUT2D eigenvalue weighted by Gasteiger charge is 2.29. The molecule has 0 aromatic carbocycles. The van der Waals surface area contributed by atoms with Gasteiger partial charge in [0.2, 0.25) is 5.76 Å². The number of ether oxygens (including phenoxy) is 2. The molecule has 1 unspecified atom stereocenters. The summed E-state index contributed by atoms with van der Waals surface area (Å²) in [7, 11) is 0. The second kappa shape index (κ2) is 8.91. The van der Waals surface area contributed by atoms with Crippen LogP contribution >= 0.6 is 27.3 Å². The quantitative estimate of drug-likeness (QED) is 0.632. The lowest BCUT2D eigenvalue weighted by Crippen LogP contribution is -2.30. The molecular weight excluding hydrogens is 450 g/mol. The maximum absolute atomic E-state index is 12.6. The summed E-state index contributed by atoms with van der Waals surface area (Å²) in [4.78, 5) is 38.2. The van der Waals surface area contributed by atoms with Crippen LogP contribution in [0.3, 0.4) is 0 Å². The van der Waals surface area contributed by atoms with E-state index in [0.29, 0.717) is 15.2 Å². The number of aryl methyl sites for hydroxylation is 1. The van der Waals surface area contributed by atoms with Crippen LogP contribution in [0.5, 0.6) is 0 Å². The molecule has 0 fully saturated rings. The third-order valence-electron chi connectivity index (χ3n) is 4.32. The maximum Gasteiger partial charge on any atom is 0.375 e. The van der Waals surface area contributed by atoms with Crippen molar-refractivity contribution in [1.29, 1.82) is 0 Å². The Morgan fingerprint density at radius 1 is 1.25 bits per heavy atom. The van der Waals surface area contributed by atoms with E-state index in [4.69, 9.17) is 13.9 Å². The minimum Gasteiger partial charge on any atom is -0.462 e. The van der Waals surface area contributed by atoms with Crippen LogP contribution in [-0.2, 0) is 27.1 Å². The summed E-state index contributed by atoms with van der Waals surface area (Å²) in [6.07, 6.45) is 2.64. The van der Waals surface area contributed by atoms with E-state index in [0.717, 1.165) is 36.1 Å². The van der Waals surface area contributed by atoms with Crippen LogP contribution in [0.2, 0.25) is 0 Å². The average Bonchev–Trinajstić information content (AvgIpc) is 3.25. The number of halogens is 1. The summed E-state index contributed by atoms with van der Waals surface area (Å²) in [6, 6.07) is 3.01. The van der Waals surface area contributed by atoms with E-state index in [1.165, 1.54) is 24.3 Å². The standard InChI is InChI=1S/C19H20BrNO6S/c1-3-25-19(24)15-11-6-4-5-7-13(11)28-17(15)21-16(22)10(2)26-18(23)12-8-9-14(20)27-12/h8-10H,3-7H2,1-2H3,(H,21,22). The Morgan fingerprint density at radius 3 is 2.68 bits per heavy atom. The van der Waals surface area contributed by atoms with Gasteiger partial charge in [-0.15, -0.1) is 11.3 Å². The number of amides is 1. The van der Waals surface area contributed by atoms with Gasteiger partial charge < -0.3 is 19.2 Å². The molecule has 1 atom stereocenters. The molecule has 7 nitrogen and oxygen atoms in total. The van der Waals surface area contributed by atoms with Gasteiger partial charge in [-0.25, -0.2) is 9.59 Å². The Morgan fingerprint density at radius 2 is 2.00 bits per heavy atom. The second-order valence-electron chi connectivity index (χ2n) is 6.28. The number of furan rings is 1. The smallest absolute Gasteiger partial charge is 0.375 e. The molecule has 1 aliphatic rings. The van der Waals surface area contributed by atoms with Gasteiger partial charge in [0.1, 0.15) is 5.00 Å². The number of thiophene rings is 1. The van der Waals surface area contributed by atoms with Crippen LogP contribution < -0.4 is 5.32 Å². The van der Waals surface area contributed by atoms with Gasteiger partial charge in [-0.3, -0.25) is 4.79 Å². The molecule has 0 bridgehead atoms. The molecule has 0 saturated carbocycles. The van der Waals surface area contributed by atoms with Crippen molar-refractivity contribution in [3.63, 3.8) is 0 Å². The number of fused-ring (bicyclic) bond motifs is 1. The normalized spacial score (nSPS) is 14.1.